The Hall–Kier alpha value is -3.50. The Kier molecular flexibility index (Phi) is 14.7. The molecule has 2 saturated heterocycles. The molecule has 10 heteroatoms. The van der Waals surface area contributed by atoms with Crippen LogP contribution >= 0.6 is 0 Å². The van der Waals surface area contributed by atoms with E-state index < -0.39 is 12.1 Å². The Labute approximate surface area is 287 Å². The molecular weight excluding hydrogens is 604 g/mol. The fourth-order valence-corrected chi connectivity index (χ4v) is 7.14. The van der Waals surface area contributed by atoms with Crippen molar-refractivity contribution < 1.29 is 19.2 Å². The molecule has 264 valence electrons. The first kappa shape index (κ1) is 37.3. The van der Waals surface area contributed by atoms with Gasteiger partial charge in [0.25, 0.3) is 11.8 Å². The smallest absolute Gasteiger partial charge is 0.327 e. The molecule has 0 aliphatic carbocycles. The van der Waals surface area contributed by atoms with E-state index in [1.54, 1.807) is 9.80 Å². The van der Waals surface area contributed by atoms with Gasteiger partial charge < -0.3 is 21.3 Å². The first-order valence-corrected chi connectivity index (χ1v) is 18.5. The van der Waals surface area contributed by atoms with E-state index in [9.17, 15) is 19.2 Å². The van der Waals surface area contributed by atoms with Gasteiger partial charge in [-0.15, -0.1) is 0 Å². The van der Waals surface area contributed by atoms with Crippen LogP contribution in [0.4, 0.5) is 9.59 Å². The highest BCUT2D eigenvalue weighted by Crippen LogP contribution is 2.32. The molecule has 10 nitrogen and oxygen atoms in total. The number of carbonyl (C=O) groups is 4. The quantitative estimate of drug-likeness (QED) is 0.109. The van der Waals surface area contributed by atoms with Crippen LogP contribution in [0, 0.1) is 0 Å². The third kappa shape index (κ3) is 8.94. The van der Waals surface area contributed by atoms with Gasteiger partial charge in [0, 0.05) is 26.2 Å². The maximum absolute atomic E-state index is 13.7. The molecule has 48 heavy (non-hydrogen) atoms. The van der Waals surface area contributed by atoms with E-state index in [1.165, 1.54) is 9.80 Å². The number of carbonyl (C=O) groups excluding carboxylic acids is 4. The summed E-state index contributed by atoms with van der Waals surface area (Å²) in [6.45, 7) is 6.93. The molecular formula is C38H58N6O4. The summed E-state index contributed by atoms with van der Waals surface area (Å²) in [6, 6.07) is 10.6. The predicted molar refractivity (Wildman–Crippen MR) is 191 cm³/mol. The molecule has 0 aromatic heterocycles. The molecule has 0 unspecified atom stereocenters. The van der Waals surface area contributed by atoms with Gasteiger partial charge in [0.05, 0.1) is 0 Å². The van der Waals surface area contributed by atoms with Gasteiger partial charge in [0.2, 0.25) is 0 Å². The second-order valence-corrected chi connectivity index (χ2v) is 13.5. The number of rotatable bonds is 22. The molecule has 6 amide bonds. The van der Waals surface area contributed by atoms with Crippen LogP contribution in [-0.4, -0.2) is 81.7 Å². The summed E-state index contributed by atoms with van der Waals surface area (Å²) >= 11 is 0. The summed E-state index contributed by atoms with van der Waals surface area (Å²) in [6.07, 6.45) is 12.3. The third-order valence-corrected chi connectivity index (χ3v) is 9.93. The topological polar surface area (TPSA) is 133 Å². The fourth-order valence-electron chi connectivity index (χ4n) is 7.14. The van der Waals surface area contributed by atoms with E-state index in [4.69, 9.17) is 11.5 Å². The van der Waals surface area contributed by atoms with Crippen molar-refractivity contribution in [3.8, 4) is 0 Å². The van der Waals surface area contributed by atoms with Crippen LogP contribution in [0.3, 0.4) is 0 Å². The summed E-state index contributed by atoms with van der Waals surface area (Å²) in [7, 11) is 0. The average molecular weight is 663 g/mol. The number of urea groups is 2. The molecule has 0 radical (unpaired) electrons. The number of unbranched alkanes of at least 4 members (excludes halogenated alkanes) is 8. The van der Waals surface area contributed by atoms with Crippen LogP contribution in [0.1, 0.15) is 115 Å². The van der Waals surface area contributed by atoms with Crippen LogP contribution in [-0.2, 0) is 22.7 Å². The van der Waals surface area contributed by atoms with E-state index in [2.05, 4.69) is 13.8 Å². The lowest BCUT2D eigenvalue weighted by atomic mass is 9.97. The summed E-state index contributed by atoms with van der Waals surface area (Å²) in [5.74, 6) is -0.210. The standard InChI is InChI=1S/C38H58N6O4/c1-3-5-7-15-25-41-35(45)33(19-11-13-23-39)43(37(41)47)27-29-21-22-30(32-18-10-9-17-31(29)32)28-44-34(20-12-14-24-40)36(46)42(38(44)48)26-16-8-6-4-2/h9-10,17-18,21-22,33-34H,3-8,11-16,19-20,23-28,39-40H2,1-2H3/t33-,34-/m0/s1. The summed E-state index contributed by atoms with van der Waals surface area (Å²) in [5, 5.41) is 1.96. The number of hydrogen-bond donors (Lipinski definition) is 2. The molecule has 2 aromatic rings. The summed E-state index contributed by atoms with van der Waals surface area (Å²) < 4.78 is 0. The van der Waals surface area contributed by atoms with Crippen LogP contribution in [0.5, 0.6) is 0 Å². The van der Waals surface area contributed by atoms with Crippen molar-refractivity contribution in [2.75, 3.05) is 26.2 Å². The number of imide groups is 2. The fraction of sp³-hybridized carbons (Fsp3) is 0.632. The Morgan fingerprint density at radius 1 is 0.542 bits per heavy atom. The second kappa shape index (κ2) is 18.9. The van der Waals surface area contributed by atoms with Gasteiger partial charge in [0.1, 0.15) is 12.1 Å². The maximum atomic E-state index is 13.7. The van der Waals surface area contributed by atoms with Crippen LogP contribution in [0.2, 0.25) is 0 Å². The van der Waals surface area contributed by atoms with Crippen molar-refractivity contribution >= 4 is 34.6 Å². The van der Waals surface area contributed by atoms with E-state index in [0.717, 1.165) is 98.9 Å². The lowest BCUT2D eigenvalue weighted by Crippen LogP contribution is -2.35. The molecule has 0 saturated carbocycles. The molecule has 0 bridgehead atoms. The monoisotopic (exact) mass is 662 g/mol. The van der Waals surface area contributed by atoms with Crippen LogP contribution < -0.4 is 11.5 Å². The van der Waals surface area contributed by atoms with Gasteiger partial charge in [0.15, 0.2) is 0 Å². The zero-order valence-electron chi connectivity index (χ0n) is 29.3. The lowest BCUT2D eigenvalue weighted by molar-refractivity contribution is -0.129. The number of nitrogens with zero attached hydrogens (tertiary/aromatic N) is 4. The minimum Gasteiger partial charge on any atom is -0.330 e. The summed E-state index contributed by atoms with van der Waals surface area (Å²) in [4.78, 5) is 61.0. The molecule has 2 aliphatic heterocycles. The van der Waals surface area contributed by atoms with Crippen LogP contribution in [0.25, 0.3) is 10.8 Å². The zero-order valence-corrected chi connectivity index (χ0v) is 29.3. The number of hydrogen-bond acceptors (Lipinski definition) is 6. The predicted octanol–water partition coefficient (Wildman–Crippen LogP) is 6.52. The molecule has 2 atom stereocenters. The molecule has 2 aromatic carbocycles. The first-order chi connectivity index (χ1) is 23.4. The highest BCUT2D eigenvalue weighted by molar-refractivity contribution is 6.05. The zero-order chi connectivity index (χ0) is 34.5. The van der Waals surface area contributed by atoms with Gasteiger partial charge in [-0.3, -0.25) is 19.4 Å². The Morgan fingerprint density at radius 2 is 0.958 bits per heavy atom. The van der Waals surface area contributed by atoms with Crippen LogP contribution in [0.15, 0.2) is 36.4 Å². The van der Waals surface area contributed by atoms with Gasteiger partial charge in [-0.05, 0) is 86.4 Å². The molecule has 4 rings (SSSR count). The van der Waals surface area contributed by atoms with Crippen molar-refractivity contribution in [1.82, 2.24) is 19.6 Å². The lowest BCUT2D eigenvalue weighted by Gasteiger charge is -2.25. The molecule has 2 heterocycles. The minimum absolute atomic E-state index is 0.105. The van der Waals surface area contributed by atoms with Gasteiger partial charge in [-0.2, -0.15) is 0 Å². The van der Waals surface area contributed by atoms with Crippen molar-refractivity contribution in [3.63, 3.8) is 0 Å². The highest BCUT2D eigenvalue weighted by Gasteiger charge is 2.45. The van der Waals surface area contributed by atoms with E-state index in [0.29, 0.717) is 52.1 Å². The summed E-state index contributed by atoms with van der Waals surface area (Å²) in [5.41, 5.74) is 13.4. The number of fused-ring (bicyclic) bond motifs is 1. The van der Waals surface area contributed by atoms with E-state index in [-0.39, 0.29) is 23.9 Å². The first-order valence-electron chi connectivity index (χ1n) is 18.5. The third-order valence-electron chi connectivity index (χ3n) is 9.93. The van der Waals surface area contributed by atoms with Crippen molar-refractivity contribution in [1.29, 1.82) is 0 Å². The molecule has 2 fully saturated rings. The van der Waals surface area contributed by atoms with Gasteiger partial charge in [-0.1, -0.05) is 88.8 Å². The Balaban J connectivity index is 1.58. The molecule has 0 spiro atoms. The van der Waals surface area contributed by atoms with E-state index >= 15 is 0 Å². The highest BCUT2D eigenvalue weighted by atomic mass is 16.2. The molecule has 4 N–H and O–H groups in total. The maximum Gasteiger partial charge on any atom is 0.327 e. The van der Waals surface area contributed by atoms with E-state index in [1.807, 2.05) is 36.4 Å². The second-order valence-electron chi connectivity index (χ2n) is 13.5. The number of amides is 6. The Bertz CT molecular complexity index is 1280. The SMILES string of the molecule is CCCCCCN1C(=O)[C@H](CCCCN)N(Cc2ccc(CN3C(=O)N(CCCCCC)C(=O)[C@@H]3CCCCN)c3ccccc23)C1=O. The van der Waals surface area contributed by atoms with Crippen molar-refractivity contribution in [2.24, 2.45) is 11.5 Å². The molecule has 2 aliphatic rings. The largest absolute Gasteiger partial charge is 0.330 e. The average Bonchev–Trinajstić information content (AvgIpc) is 3.44. The van der Waals surface area contributed by atoms with Crippen molar-refractivity contribution in [3.05, 3.63) is 47.5 Å². The Morgan fingerprint density at radius 3 is 1.33 bits per heavy atom. The normalized spacial score (nSPS) is 18.4. The van der Waals surface area contributed by atoms with Gasteiger partial charge in [-0.25, -0.2) is 9.59 Å². The number of benzene rings is 2. The number of nitrogens with two attached hydrogens (primary N) is 2. The van der Waals surface area contributed by atoms with Gasteiger partial charge >= 0.3 is 12.1 Å². The minimum atomic E-state index is -0.500. The van der Waals surface area contributed by atoms with Crippen molar-refractivity contribution in [2.45, 2.75) is 129 Å².